The second-order valence-electron chi connectivity index (χ2n) is 2.78. The number of hydrogen-bond donors (Lipinski definition) is 4. The summed E-state index contributed by atoms with van der Waals surface area (Å²) in [5.74, 6) is -0.959. The third-order valence-corrected chi connectivity index (χ3v) is 1.62. The van der Waals surface area contributed by atoms with Crippen LogP contribution in [0, 0.1) is 0 Å². The van der Waals surface area contributed by atoms with Crippen LogP contribution in [0.2, 0.25) is 0 Å². The van der Waals surface area contributed by atoms with Crippen LogP contribution in [0.1, 0.15) is 5.56 Å². The summed E-state index contributed by atoms with van der Waals surface area (Å²) < 4.78 is 0. The van der Waals surface area contributed by atoms with Crippen LogP contribution in [0.3, 0.4) is 0 Å². The standard InChI is InChI=1S/C9H11NO2.BH3O2/c10-8(9(11)12)6-7-4-2-1-3-5-7;2-1-3/h1-5,8H,6,10H2,(H,11,12);1-3H. The molecule has 0 aromatic heterocycles. The van der Waals surface area contributed by atoms with Crippen LogP contribution in [0.5, 0.6) is 0 Å². The van der Waals surface area contributed by atoms with Crippen molar-refractivity contribution in [1.29, 1.82) is 0 Å². The number of hydrogen-bond acceptors (Lipinski definition) is 4. The van der Waals surface area contributed by atoms with Crippen molar-refractivity contribution in [3.05, 3.63) is 35.9 Å². The van der Waals surface area contributed by atoms with Crippen molar-refractivity contribution in [2.75, 3.05) is 0 Å². The zero-order valence-corrected chi connectivity index (χ0v) is 8.21. The van der Waals surface area contributed by atoms with E-state index in [1.54, 1.807) is 0 Å². The summed E-state index contributed by atoms with van der Waals surface area (Å²) >= 11 is 0. The Morgan fingerprint density at radius 2 is 1.80 bits per heavy atom. The first kappa shape index (κ1) is 13.6. The molecule has 5 N–H and O–H groups in total. The van der Waals surface area contributed by atoms with Crippen molar-refractivity contribution in [2.24, 2.45) is 5.73 Å². The van der Waals surface area contributed by atoms with E-state index < -0.39 is 19.7 Å². The van der Waals surface area contributed by atoms with Gasteiger partial charge in [-0.05, 0) is 12.0 Å². The van der Waals surface area contributed by atoms with E-state index in [4.69, 9.17) is 20.9 Å². The largest absolute Gasteiger partial charge is 0.480 e. The number of carboxylic acids is 1. The Morgan fingerprint density at radius 1 is 1.33 bits per heavy atom. The average molecular weight is 211 g/mol. The van der Waals surface area contributed by atoms with E-state index in [0.29, 0.717) is 6.42 Å². The number of carbonyl (C=O) groups is 1. The Bertz CT molecular complexity index is 281. The summed E-state index contributed by atoms with van der Waals surface area (Å²) in [6, 6.07) is 8.54. The maximum atomic E-state index is 10.4. The lowest BCUT2D eigenvalue weighted by Gasteiger charge is -2.04. The first-order chi connectivity index (χ1) is 7.11. The Hall–Kier alpha value is -1.37. The zero-order chi connectivity index (χ0) is 11.7. The molecule has 0 heterocycles. The SMILES string of the molecule is NC(Cc1ccccc1)C(=O)O.OBO. The number of nitrogens with two attached hydrogens (primary N) is 1. The predicted octanol–water partition coefficient (Wildman–Crippen LogP) is -1.12. The molecule has 0 radical (unpaired) electrons. The second-order valence-corrected chi connectivity index (χ2v) is 2.78. The van der Waals surface area contributed by atoms with E-state index in [1.165, 1.54) is 0 Å². The van der Waals surface area contributed by atoms with Gasteiger partial charge in [-0.25, -0.2) is 0 Å². The van der Waals surface area contributed by atoms with Crippen LogP contribution in [-0.2, 0) is 11.2 Å². The number of rotatable bonds is 3. The third-order valence-electron chi connectivity index (χ3n) is 1.62. The molecule has 0 aliphatic rings. The number of aliphatic carboxylic acids is 1. The highest BCUT2D eigenvalue weighted by atomic mass is 16.4. The van der Waals surface area contributed by atoms with Crippen molar-refractivity contribution in [2.45, 2.75) is 12.5 Å². The maximum absolute atomic E-state index is 10.4. The molecule has 82 valence electrons. The van der Waals surface area contributed by atoms with Crippen LogP contribution in [0.15, 0.2) is 30.3 Å². The van der Waals surface area contributed by atoms with E-state index in [0.717, 1.165) is 5.56 Å². The van der Waals surface area contributed by atoms with Gasteiger partial charge in [0.1, 0.15) is 6.04 Å². The molecule has 0 saturated carbocycles. The normalized spacial score (nSPS) is 10.9. The zero-order valence-electron chi connectivity index (χ0n) is 8.21. The lowest BCUT2D eigenvalue weighted by molar-refractivity contribution is -0.138. The van der Waals surface area contributed by atoms with Gasteiger partial charge in [0.2, 0.25) is 0 Å². The molecule has 1 atom stereocenters. The predicted molar refractivity (Wildman–Crippen MR) is 57.3 cm³/mol. The van der Waals surface area contributed by atoms with Crippen molar-refractivity contribution < 1.29 is 19.9 Å². The highest BCUT2D eigenvalue weighted by molar-refractivity contribution is 6.13. The van der Waals surface area contributed by atoms with Gasteiger partial charge in [0.25, 0.3) is 0 Å². The Balaban J connectivity index is 0.000000583. The fourth-order valence-electron chi connectivity index (χ4n) is 0.955. The van der Waals surface area contributed by atoms with Crippen molar-refractivity contribution in [1.82, 2.24) is 0 Å². The van der Waals surface area contributed by atoms with Gasteiger partial charge < -0.3 is 20.9 Å². The molecular weight excluding hydrogens is 197 g/mol. The smallest absolute Gasteiger partial charge is 0.432 e. The van der Waals surface area contributed by atoms with Crippen LogP contribution < -0.4 is 5.73 Å². The Labute approximate surface area is 88.5 Å². The van der Waals surface area contributed by atoms with Crippen LogP contribution >= 0.6 is 0 Å². The van der Waals surface area contributed by atoms with E-state index in [1.807, 2.05) is 30.3 Å². The summed E-state index contributed by atoms with van der Waals surface area (Å²) in [7, 11) is -0.750. The summed E-state index contributed by atoms with van der Waals surface area (Å²) in [5, 5.41) is 22.8. The Kier molecular flexibility index (Phi) is 7.26. The third kappa shape index (κ3) is 6.67. The minimum absolute atomic E-state index is 0.385. The van der Waals surface area contributed by atoms with Gasteiger partial charge in [-0.15, -0.1) is 0 Å². The molecule has 0 fully saturated rings. The molecule has 6 heteroatoms. The van der Waals surface area contributed by atoms with Crippen LogP contribution in [0.25, 0.3) is 0 Å². The first-order valence-electron chi connectivity index (χ1n) is 4.35. The average Bonchev–Trinajstić information content (AvgIpc) is 2.20. The van der Waals surface area contributed by atoms with Gasteiger partial charge in [0, 0.05) is 0 Å². The van der Waals surface area contributed by atoms with Crippen LogP contribution in [-0.4, -0.2) is 34.9 Å². The molecule has 15 heavy (non-hydrogen) atoms. The molecule has 0 aliphatic heterocycles. The van der Waals surface area contributed by atoms with Gasteiger partial charge in [0.05, 0.1) is 0 Å². The number of benzene rings is 1. The molecule has 5 nitrogen and oxygen atoms in total. The summed E-state index contributed by atoms with van der Waals surface area (Å²) in [6.45, 7) is 0. The molecular formula is C9H14BNO4. The maximum Gasteiger partial charge on any atom is 0.432 e. The highest BCUT2D eigenvalue weighted by Gasteiger charge is 2.10. The quantitative estimate of drug-likeness (QED) is 0.474. The fraction of sp³-hybridized carbons (Fsp3) is 0.222. The number of carboxylic acid groups (broad SMARTS) is 1. The molecule has 1 aromatic rings. The molecule has 0 amide bonds. The topological polar surface area (TPSA) is 104 Å². The highest BCUT2D eigenvalue weighted by Crippen LogP contribution is 2.01. The molecule has 0 aliphatic carbocycles. The van der Waals surface area contributed by atoms with E-state index in [9.17, 15) is 4.79 Å². The van der Waals surface area contributed by atoms with E-state index in [2.05, 4.69) is 0 Å². The molecule has 1 unspecified atom stereocenters. The summed E-state index contributed by atoms with van der Waals surface area (Å²) in [5.41, 5.74) is 6.30. The molecule has 1 rings (SSSR count). The van der Waals surface area contributed by atoms with E-state index in [-0.39, 0.29) is 0 Å². The van der Waals surface area contributed by atoms with Crippen molar-refractivity contribution in [3.63, 3.8) is 0 Å². The molecule has 1 aromatic carbocycles. The lowest BCUT2D eigenvalue weighted by Crippen LogP contribution is -2.32. The monoisotopic (exact) mass is 211 g/mol. The molecule has 0 bridgehead atoms. The fourth-order valence-corrected chi connectivity index (χ4v) is 0.955. The van der Waals surface area contributed by atoms with Crippen LogP contribution in [0.4, 0.5) is 0 Å². The summed E-state index contributed by atoms with van der Waals surface area (Å²) in [6.07, 6.45) is 0.385. The van der Waals surface area contributed by atoms with Gasteiger partial charge in [-0.3, -0.25) is 4.79 Å². The lowest BCUT2D eigenvalue weighted by atomic mass is 10.1. The van der Waals surface area contributed by atoms with Gasteiger partial charge in [-0.1, -0.05) is 30.3 Å². The Morgan fingerprint density at radius 3 is 2.20 bits per heavy atom. The first-order valence-corrected chi connectivity index (χ1v) is 4.35. The molecule has 0 saturated heterocycles. The minimum atomic E-state index is -0.959. The van der Waals surface area contributed by atoms with Gasteiger partial charge in [0.15, 0.2) is 0 Å². The van der Waals surface area contributed by atoms with Crippen molar-refractivity contribution in [3.8, 4) is 0 Å². The minimum Gasteiger partial charge on any atom is -0.480 e. The second kappa shape index (κ2) is 7.99. The molecule has 0 spiro atoms. The van der Waals surface area contributed by atoms with Crippen molar-refractivity contribution >= 4 is 13.7 Å². The van der Waals surface area contributed by atoms with Gasteiger partial charge >= 0.3 is 13.7 Å². The van der Waals surface area contributed by atoms with Gasteiger partial charge in [-0.2, -0.15) is 0 Å². The summed E-state index contributed by atoms with van der Waals surface area (Å²) in [4.78, 5) is 10.4. The van der Waals surface area contributed by atoms with E-state index >= 15 is 0 Å².